The highest BCUT2D eigenvalue weighted by atomic mass is 35.5. The predicted molar refractivity (Wildman–Crippen MR) is 108 cm³/mol. The Bertz CT molecular complexity index is 838. The van der Waals surface area contributed by atoms with Gasteiger partial charge in [0.1, 0.15) is 11.5 Å². The molecular weight excluding hydrogens is 382 g/mol. The Morgan fingerprint density at radius 3 is 2.64 bits per heavy atom. The molecule has 0 bridgehead atoms. The van der Waals surface area contributed by atoms with Crippen LogP contribution in [0.3, 0.4) is 0 Å². The summed E-state index contributed by atoms with van der Waals surface area (Å²) in [7, 11) is 1.48. The van der Waals surface area contributed by atoms with Crippen molar-refractivity contribution in [3.05, 3.63) is 52.5 Å². The lowest BCUT2D eigenvalue weighted by atomic mass is 10.2. The molecule has 0 aliphatic heterocycles. The minimum atomic E-state index is -0.456. The van der Waals surface area contributed by atoms with Crippen LogP contribution >= 0.6 is 11.6 Å². The zero-order chi connectivity index (χ0) is 20.5. The van der Waals surface area contributed by atoms with Gasteiger partial charge in [-0.3, -0.25) is 9.59 Å². The monoisotopic (exact) mass is 405 g/mol. The fourth-order valence-electron chi connectivity index (χ4n) is 2.45. The van der Waals surface area contributed by atoms with Gasteiger partial charge in [0.25, 0.3) is 5.91 Å². The molecule has 0 aliphatic rings. The first-order chi connectivity index (χ1) is 13.4. The number of hydrogen-bond acceptors (Lipinski definition) is 5. The van der Waals surface area contributed by atoms with Gasteiger partial charge in [-0.2, -0.15) is 0 Å². The highest BCUT2D eigenvalue weighted by Gasteiger charge is 2.12. The molecule has 150 valence electrons. The van der Waals surface area contributed by atoms with Gasteiger partial charge >= 0.3 is 5.97 Å². The largest absolute Gasteiger partial charge is 0.495 e. The van der Waals surface area contributed by atoms with Gasteiger partial charge in [-0.15, -0.1) is 0 Å². The van der Waals surface area contributed by atoms with Crippen LogP contribution in [0.25, 0.3) is 0 Å². The lowest BCUT2D eigenvalue weighted by molar-refractivity contribution is -0.147. The quantitative estimate of drug-likeness (QED) is 0.497. The Kier molecular flexibility index (Phi) is 8.14. The van der Waals surface area contributed by atoms with Crippen molar-refractivity contribution < 1.29 is 23.8 Å². The lowest BCUT2D eigenvalue weighted by Crippen LogP contribution is -2.21. The number of ether oxygens (including phenoxy) is 3. The van der Waals surface area contributed by atoms with Crippen molar-refractivity contribution in [2.24, 2.45) is 0 Å². The van der Waals surface area contributed by atoms with Crippen LogP contribution in [0.15, 0.2) is 36.4 Å². The topological polar surface area (TPSA) is 73.9 Å². The molecule has 2 aromatic rings. The highest BCUT2D eigenvalue weighted by Crippen LogP contribution is 2.30. The second-order valence-corrected chi connectivity index (χ2v) is 6.69. The number of anilines is 1. The van der Waals surface area contributed by atoms with Gasteiger partial charge in [0.15, 0.2) is 6.61 Å². The number of amides is 1. The third-order valence-corrected chi connectivity index (χ3v) is 4.31. The van der Waals surface area contributed by atoms with E-state index >= 15 is 0 Å². The number of nitrogens with one attached hydrogen (secondary N) is 1. The first-order valence-corrected chi connectivity index (χ1v) is 9.26. The van der Waals surface area contributed by atoms with Gasteiger partial charge in [0, 0.05) is 17.5 Å². The van der Waals surface area contributed by atoms with E-state index in [1.807, 2.05) is 38.1 Å². The molecule has 0 saturated carbocycles. The van der Waals surface area contributed by atoms with Crippen molar-refractivity contribution in [2.45, 2.75) is 26.7 Å². The normalized spacial score (nSPS) is 10.3. The minimum Gasteiger partial charge on any atom is -0.495 e. The van der Waals surface area contributed by atoms with E-state index in [1.54, 1.807) is 12.1 Å². The summed E-state index contributed by atoms with van der Waals surface area (Å²) >= 11 is 6.04. The number of benzene rings is 2. The van der Waals surface area contributed by atoms with E-state index in [0.717, 1.165) is 16.9 Å². The van der Waals surface area contributed by atoms with Crippen molar-refractivity contribution in [3.8, 4) is 11.5 Å². The molecular formula is C21H24ClNO5. The summed E-state index contributed by atoms with van der Waals surface area (Å²) in [5.74, 6) is 0.287. The van der Waals surface area contributed by atoms with E-state index in [9.17, 15) is 9.59 Å². The summed E-state index contributed by atoms with van der Waals surface area (Å²) < 4.78 is 15.8. The van der Waals surface area contributed by atoms with Crippen LogP contribution < -0.4 is 14.8 Å². The van der Waals surface area contributed by atoms with Crippen LogP contribution in [0.1, 0.15) is 24.0 Å². The van der Waals surface area contributed by atoms with Crippen molar-refractivity contribution in [1.82, 2.24) is 0 Å². The van der Waals surface area contributed by atoms with Gasteiger partial charge in [-0.05, 0) is 49.6 Å². The highest BCUT2D eigenvalue weighted by molar-refractivity contribution is 6.31. The van der Waals surface area contributed by atoms with Crippen molar-refractivity contribution in [2.75, 3.05) is 25.6 Å². The van der Waals surface area contributed by atoms with E-state index in [0.29, 0.717) is 29.5 Å². The first kappa shape index (κ1) is 21.6. The minimum absolute atomic E-state index is 0.169. The maximum atomic E-state index is 12.0. The molecule has 28 heavy (non-hydrogen) atoms. The average molecular weight is 406 g/mol. The number of aryl methyl sites for hydroxylation is 2. The number of rotatable bonds is 9. The molecule has 0 aromatic heterocycles. The molecule has 0 fully saturated rings. The average Bonchev–Trinajstić information content (AvgIpc) is 2.66. The maximum absolute atomic E-state index is 12.0. The zero-order valence-corrected chi connectivity index (χ0v) is 17.0. The summed E-state index contributed by atoms with van der Waals surface area (Å²) in [5, 5.41) is 3.19. The molecule has 1 N–H and O–H groups in total. The van der Waals surface area contributed by atoms with Gasteiger partial charge in [-0.1, -0.05) is 23.7 Å². The second-order valence-electron chi connectivity index (χ2n) is 6.28. The van der Waals surface area contributed by atoms with Gasteiger partial charge in [0.05, 0.1) is 19.4 Å². The van der Waals surface area contributed by atoms with Crippen LogP contribution in [0, 0.1) is 13.8 Å². The fourth-order valence-corrected chi connectivity index (χ4v) is 2.60. The number of halogens is 1. The first-order valence-electron chi connectivity index (χ1n) is 8.88. The SMILES string of the molecule is COc1cc(Cl)c(C)cc1NC(=O)COC(=O)CCCOc1cccc(C)c1. The lowest BCUT2D eigenvalue weighted by Gasteiger charge is -2.12. The number of carbonyl (C=O) groups is 2. The smallest absolute Gasteiger partial charge is 0.306 e. The van der Waals surface area contributed by atoms with Crippen molar-refractivity contribution >= 4 is 29.2 Å². The Morgan fingerprint density at radius 2 is 1.93 bits per heavy atom. The van der Waals surface area contributed by atoms with E-state index in [-0.39, 0.29) is 13.0 Å². The molecule has 2 aromatic carbocycles. The van der Waals surface area contributed by atoms with Crippen LogP contribution in [-0.2, 0) is 14.3 Å². The Hall–Kier alpha value is -2.73. The summed E-state index contributed by atoms with van der Waals surface area (Å²) in [6.45, 7) is 3.82. The van der Waals surface area contributed by atoms with E-state index in [1.165, 1.54) is 7.11 Å². The molecule has 0 spiro atoms. The molecule has 2 rings (SSSR count). The van der Waals surface area contributed by atoms with Crippen LogP contribution in [0.2, 0.25) is 5.02 Å². The molecule has 0 atom stereocenters. The number of hydrogen-bond donors (Lipinski definition) is 1. The Morgan fingerprint density at radius 1 is 1.14 bits per heavy atom. The Balaban J connectivity index is 1.71. The van der Waals surface area contributed by atoms with Gasteiger partial charge < -0.3 is 19.5 Å². The number of methoxy groups -OCH3 is 1. The molecule has 0 unspecified atom stereocenters. The summed E-state index contributed by atoms with van der Waals surface area (Å²) in [6.07, 6.45) is 0.668. The van der Waals surface area contributed by atoms with Crippen LogP contribution in [0.5, 0.6) is 11.5 Å². The fraction of sp³-hybridized carbons (Fsp3) is 0.333. The zero-order valence-electron chi connectivity index (χ0n) is 16.2. The van der Waals surface area contributed by atoms with Crippen molar-refractivity contribution in [3.63, 3.8) is 0 Å². The van der Waals surface area contributed by atoms with Crippen LogP contribution in [0.4, 0.5) is 5.69 Å². The van der Waals surface area contributed by atoms with Gasteiger partial charge in [-0.25, -0.2) is 0 Å². The third-order valence-electron chi connectivity index (χ3n) is 3.90. The molecule has 1 amide bonds. The molecule has 0 saturated heterocycles. The standard InChI is InChI=1S/C21H24ClNO5/c1-14-6-4-7-16(10-14)27-9-5-8-21(25)28-13-20(24)23-18-11-15(2)17(22)12-19(18)26-3/h4,6-7,10-12H,5,8-9,13H2,1-3H3,(H,23,24). The number of esters is 1. The van der Waals surface area contributed by atoms with Gasteiger partial charge in [0.2, 0.25) is 0 Å². The number of carbonyl (C=O) groups excluding carboxylic acids is 2. The molecule has 0 aliphatic carbocycles. The van der Waals surface area contributed by atoms with Crippen LogP contribution in [-0.4, -0.2) is 32.2 Å². The van der Waals surface area contributed by atoms with E-state index in [2.05, 4.69) is 5.32 Å². The summed E-state index contributed by atoms with van der Waals surface area (Å²) in [6, 6.07) is 11.0. The molecule has 6 nitrogen and oxygen atoms in total. The van der Waals surface area contributed by atoms with E-state index in [4.69, 9.17) is 25.8 Å². The molecule has 0 radical (unpaired) electrons. The van der Waals surface area contributed by atoms with Crippen molar-refractivity contribution in [1.29, 1.82) is 0 Å². The summed E-state index contributed by atoms with van der Waals surface area (Å²) in [5.41, 5.74) is 2.37. The Labute approximate surface area is 169 Å². The summed E-state index contributed by atoms with van der Waals surface area (Å²) in [4.78, 5) is 23.8. The second kappa shape index (κ2) is 10.6. The maximum Gasteiger partial charge on any atom is 0.306 e. The molecule has 7 heteroatoms. The van der Waals surface area contributed by atoms with E-state index < -0.39 is 11.9 Å². The molecule has 0 heterocycles. The third kappa shape index (κ3) is 6.78. The predicted octanol–water partition coefficient (Wildman–Crippen LogP) is 4.31.